The van der Waals surface area contributed by atoms with E-state index in [1.54, 1.807) is 4.68 Å². The number of rotatable bonds is 3. The van der Waals surface area contributed by atoms with Crippen LogP contribution in [0.3, 0.4) is 0 Å². The second kappa shape index (κ2) is 8.68. The molecule has 2 aliphatic rings. The van der Waals surface area contributed by atoms with Gasteiger partial charge in [-0.15, -0.1) is 12.4 Å². The second-order valence-electron chi connectivity index (χ2n) is 8.03. The number of aromatic amines is 1. The number of nitrogens with one attached hydrogen (secondary N) is 2. The zero-order valence-electron chi connectivity index (χ0n) is 17.1. The van der Waals surface area contributed by atoms with Crippen molar-refractivity contribution in [3.05, 3.63) is 40.2 Å². The van der Waals surface area contributed by atoms with Crippen LogP contribution in [-0.4, -0.2) is 57.0 Å². The molecule has 0 unspecified atom stereocenters. The summed E-state index contributed by atoms with van der Waals surface area (Å²) in [5, 5.41) is 15.2. The van der Waals surface area contributed by atoms with Crippen molar-refractivity contribution in [2.45, 2.75) is 31.7 Å². The molecule has 1 aromatic carbocycles. The number of carbonyl (C=O) groups excluding carboxylic acids is 1. The van der Waals surface area contributed by atoms with E-state index >= 15 is 0 Å². The fourth-order valence-corrected chi connectivity index (χ4v) is 4.50. The number of carbonyl (C=O) groups is 1. The van der Waals surface area contributed by atoms with E-state index in [1.165, 1.54) is 0 Å². The molecule has 0 aliphatic carbocycles. The van der Waals surface area contributed by atoms with Gasteiger partial charge in [-0.25, -0.2) is 5.10 Å². The molecule has 2 saturated heterocycles. The lowest BCUT2D eigenvalue weighted by atomic mass is 10.1. The normalized spacial score (nSPS) is 18.8. The zero-order chi connectivity index (χ0) is 20.7. The number of fused-ring (bicyclic) bond motifs is 1. The van der Waals surface area contributed by atoms with Gasteiger partial charge in [-0.05, 0) is 44.4 Å². The van der Waals surface area contributed by atoms with Gasteiger partial charge in [-0.1, -0.05) is 12.1 Å². The molecule has 1 amide bonds. The van der Waals surface area contributed by atoms with Crippen molar-refractivity contribution in [3.63, 3.8) is 0 Å². The van der Waals surface area contributed by atoms with Gasteiger partial charge in [-0.3, -0.25) is 14.3 Å². The molecule has 31 heavy (non-hydrogen) atoms. The Morgan fingerprint density at radius 1 is 1.13 bits per heavy atom. The number of nitrogen functional groups attached to an aromatic ring is 1. The molecule has 2 aliphatic heterocycles. The highest BCUT2D eigenvalue weighted by atomic mass is 35.5. The average Bonchev–Trinajstić information content (AvgIpc) is 3.46. The van der Waals surface area contributed by atoms with Crippen LogP contribution in [0.15, 0.2) is 29.1 Å². The van der Waals surface area contributed by atoms with E-state index < -0.39 is 0 Å². The molecule has 4 N–H and O–H groups in total. The zero-order valence-corrected chi connectivity index (χ0v) is 18.0. The van der Waals surface area contributed by atoms with Crippen LogP contribution in [0.25, 0.3) is 22.2 Å². The maximum atomic E-state index is 12.6. The summed E-state index contributed by atoms with van der Waals surface area (Å²) in [5.74, 6) is 0.298. The standard InChI is InChI=1S/C21H25N7O2.ClH/c22-19-16-17(13-5-7-14(8-6-13)21(30)27-10-1-2-11-27)26-28(15-4-3-9-23-12-15)18(16)20(29)25-24-19;/h5-8,15,23H,1-4,9-12H2,(H2,22,24)(H,25,29);1H/t15-;/m1./s1. The van der Waals surface area contributed by atoms with Crippen LogP contribution in [0, 0.1) is 0 Å². The SMILES string of the molecule is Cl.Nc1n[nH]c(=O)c2c1c(-c1ccc(C(=O)N3CCCC3)cc1)nn2[C@@H]1CCCNC1. The number of hydrogen-bond acceptors (Lipinski definition) is 6. The topological polar surface area (TPSA) is 122 Å². The molecule has 3 aromatic rings. The van der Waals surface area contributed by atoms with Crippen molar-refractivity contribution in [1.29, 1.82) is 0 Å². The lowest BCUT2D eigenvalue weighted by molar-refractivity contribution is 0.0793. The lowest BCUT2D eigenvalue weighted by Gasteiger charge is -2.23. The molecule has 1 atom stereocenters. The molecular formula is C21H26ClN7O2. The minimum absolute atomic E-state index is 0. The number of H-pyrrole nitrogens is 1. The van der Waals surface area contributed by atoms with Crippen molar-refractivity contribution in [2.24, 2.45) is 0 Å². The van der Waals surface area contributed by atoms with Gasteiger partial charge in [0.15, 0.2) is 5.82 Å². The third kappa shape index (κ3) is 3.79. The van der Waals surface area contributed by atoms with Crippen molar-refractivity contribution in [1.82, 2.24) is 30.2 Å². The van der Waals surface area contributed by atoms with Gasteiger partial charge in [0.05, 0.1) is 11.4 Å². The third-order valence-corrected chi connectivity index (χ3v) is 6.07. The molecule has 0 saturated carbocycles. The van der Waals surface area contributed by atoms with Crippen LogP contribution in [-0.2, 0) is 0 Å². The van der Waals surface area contributed by atoms with Gasteiger partial charge >= 0.3 is 0 Å². The van der Waals surface area contributed by atoms with E-state index in [9.17, 15) is 9.59 Å². The van der Waals surface area contributed by atoms with E-state index in [2.05, 4.69) is 15.5 Å². The van der Waals surface area contributed by atoms with Gasteiger partial charge in [-0.2, -0.15) is 10.2 Å². The minimum Gasteiger partial charge on any atom is -0.382 e. The van der Waals surface area contributed by atoms with Gasteiger partial charge in [0.1, 0.15) is 11.2 Å². The van der Waals surface area contributed by atoms with Gasteiger partial charge < -0.3 is 16.0 Å². The Balaban J connectivity index is 0.00000231. The fraction of sp³-hybridized carbons (Fsp3) is 0.429. The van der Waals surface area contributed by atoms with Gasteiger partial charge in [0.2, 0.25) is 0 Å². The van der Waals surface area contributed by atoms with Crippen LogP contribution >= 0.6 is 12.4 Å². The first-order valence-corrected chi connectivity index (χ1v) is 10.5. The highest BCUT2D eigenvalue weighted by Gasteiger charge is 2.25. The molecule has 9 nitrogen and oxygen atoms in total. The average molecular weight is 444 g/mol. The summed E-state index contributed by atoms with van der Waals surface area (Å²) in [7, 11) is 0. The summed E-state index contributed by atoms with van der Waals surface area (Å²) in [6.45, 7) is 3.35. The monoisotopic (exact) mass is 443 g/mol. The number of halogens is 1. The quantitative estimate of drug-likeness (QED) is 0.568. The molecule has 4 heterocycles. The Labute approximate surface area is 185 Å². The summed E-state index contributed by atoms with van der Waals surface area (Å²) < 4.78 is 1.79. The van der Waals surface area contributed by atoms with Crippen molar-refractivity contribution < 1.29 is 4.79 Å². The largest absolute Gasteiger partial charge is 0.382 e. The maximum Gasteiger partial charge on any atom is 0.290 e. The molecule has 0 spiro atoms. The molecule has 2 aromatic heterocycles. The minimum atomic E-state index is -0.302. The smallest absolute Gasteiger partial charge is 0.290 e. The van der Waals surface area contributed by atoms with E-state index in [4.69, 9.17) is 10.8 Å². The van der Waals surface area contributed by atoms with Gasteiger partial charge in [0, 0.05) is 30.8 Å². The van der Waals surface area contributed by atoms with Crippen molar-refractivity contribution in [3.8, 4) is 11.3 Å². The number of nitrogens with zero attached hydrogens (tertiary/aromatic N) is 4. The number of hydrogen-bond donors (Lipinski definition) is 3. The number of benzene rings is 1. The predicted molar refractivity (Wildman–Crippen MR) is 122 cm³/mol. The Kier molecular flexibility index (Phi) is 5.97. The first-order valence-electron chi connectivity index (χ1n) is 10.5. The molecule has 2 fully saturated rings. The van der Waals surface area contributed by atoms with Crippen molar-refractivity contribution >= 4 is 35.0 Å². The van der Waals surface area contributed by atoms with Crippen LogP contribution in [0.4, 0.5) is 5.82 Å². The number of amides is 1. The summed E-state index contributed by atoms with van der Waals surface area (Å²) >= 11 is 0. The molecule has 5 rings (SSSR count). The fourth-order valence-electron chi connectivity index (χ4n) is 4.50. The maximum absolute atomic E-state index is 12.6. The summed E-state index contributed by atoms with van der Waals surface area (Å²) in [6.07, 6.45) is 4.08. The Morgan fingerprint density at radius 2 is 1.87 bits per heavy atom. The van der Waals surface area contributed by atoms with Crippen LogP contribution < -0.4 is 16.6 Å². The predicted octanol–water partition coefficient (Wildman–Crippen LogP) is 1.95. The molecular weight excluding hydrogens is 418 g/mol. The highest BCUT2D eigenvalue weighted by molar-refractivity contribution is 6.00. The number of nitrogens with two attached hydrogens (primary N) is 1. The van der Waals surface area contributed by atoms with Crippen LogP contribution in [0.2, 0.25) is 0 Å². The molecule has 0 radical (unpaired) electrons. The third-order valence-electron chi connectivity index (χ3n) is 6.07. The summed E-state index contributed by atoms with van der Waals surface area (Å²) in [5.41, 5.74) is 8.38. The highest BCUT2D eigenvalue weighted by Crippen LogP contribution is 2.32. The number of anilines is 1. The summed E-state index contributed by atoms with van der Waals surface area (Å²) in [4.78, 5) is 27.2. The first kappa shape index (κ1) is 21.3. The van der Waals surface area contributed by atoms with E-state index in [0.717, 1.165) is 57.4 Å². The Morgan fingerprint density at radius 3 is 2.55 bits per heavy atom. The Bertz CT molecular complexity index is 1140. The molecule has 164 valence electrons. The summed E-state index contributed by atoms with van der Waals surface area (Å²) in [6, 6.07) is 7.46. The lowest BCUT2D eigenvalue weighted by Crippen LogP contribution is -2.33. The Hall–Kier alpha value is -2.91. The van der Waals surface area contributed by atoms with E-state index in [0.29, 0.717) is 22.2 Å². The molecule has 0 bridgehead atoms. The number of piperidine rings is 1. The number of aromatic nitrogens is 4. The van der Waals surface area contributed by atoms with E-state index in [-0.39, 0.29) is 35.7 Å². The van der Waals surface area contributed by atoms with Crippen LogP contribution in [0.5, 0.6) is 0 Å². The first-order chi connectivity index (χ1) is 14.6. The van der Waals surface area contributed by atoms with Gasteiger partial charge in [0.25, 0.3) is 11.5 Å². The second-order valence-corrected chi connectivity index (χ2v) is 8.03. The van der Waals surface area contributed by atoms with Crippen LogP contribution in [0.1, 0.15) is 42.1 Å². The van der Waals surface area contributed by atoms with E-state index in [1.807, 2.05) is 29.2 Å². The number of likely N-dealkylation sites (tertiary alicyclic amines) is 1. The van der Waals surface area contributed by atoms with Crippen molar-refractivity contribution in [2.75, 3.05) is 31.9 Å². The molecule has 10 heteroatoms.